The smallest absolute Gasteiger partial charge is 0.260 e. The molecule has 0 heterocycles. The molecule has 41 heavy (non-hydrogen) atoms. The molecule has 0 saturated heterocycles. The fraction of sp³-hybridized carbons (Fsp3) is 0.300. The van der Waals surface area contributed by atoms with Gasteiger partial charge in [0.1, 0.15) is 5.82 Å². The lowest BCUT2D eigenvalue weighted by Crippen LogP contribution is -2.34. The number of benzene rings is 3. The zero-order valence-electron chi connectivity index (χ0n) is 23.3. The molecule has 0 aliphatic heterocycles. The van der Waals surface area contributed by atoms with Crippen LogP contribution in [0.1, 0.15) is 66.0 Å². The molecule has 3 aromatic rings. The van der Waals surface area contributed by atoms with Gasteiger partial charge in [-0.25, -0.2) is 13.2 Å². The average molecular weight is 655 g/mol. The van der Waals surface area contributed by atoms with Crippen LogP contribution in [0.3, 0.4) is 0 Å². The fourth-order valence-corrected chi connectivity index (χ4v) is 3.75. The number of carbonyl (C=O) groups excluding carboxylic acids is 3. The summed E-state index contributed by atoms with van der Waals surface area (Å²) in [5.74, 6) is -2.21. The number of rotatable bonds is 7. The molecule has 0 aromatic heterocycles. The zero-order chi connectivity index (χ0) is 30.9. The maximum Gasteiger partial charge on any atom is 0.260 e. The predicted molar refractivity (Wildman–Crippen MR) is 160 cm³/mol. The van der Waals surface area contributed by atoms with E-state index >= 15 is 4.39 Å². The molecule has 0 fully saturated rings. The average Bonchev–Trinajstić information content (AvgIpc) is 2.90. The molecule has 0 atom stereocenters. The van der Waals surface area contributed by atoms with Gasteiger partial charge in [0.05, 0.1) is 10.6 Å². The Morgan fingerprint density at radius 2 is 1.49 bits per heavy atom. The van der Waals surface area contributed by atoms with Crippen molar-refractivity contribution in [1.29, 1.82) is 0 Å². The highest BCUT2D eigenvalue weighted by molar-refractivity contribution is 9.10. The van der Waals surface area contributed by atoms with Crippen molar-refractivity contribution < 1.29 is 27.6 Å². The van der Waals surface area contributed by atoms with Crippen molar-refractivity contribution in [3.8, 4) is 0 Å². The van der Waals surface area contributed by atoms with Gasteiger partial charge in [-0.1, -0.05) is 67.4 Å². The summed E-state index contributed by atoms with van der Waals surface area (Å²) in [6, 6.07) is 14.8. The third-order valence-corrected chi connectivity index (χ3v) is 6.51. The van der Waals surface area contributed by atoms with Gasteiger partial charge in [0.2, 0.25) is 12.3 Å². The number of carbonyl (C=O) groups is 3. The Kier molecular flexibility index (Phi) is 12.4. The van der Waals surface area contributed by atoms with Crippen molar-refractivity contribution in [3.05, 3.63) is 92.2 Å². The van der Waals surface area contributed by atoms with Crippen molar-refractivity contribution in [1.82, 2.24) is 5.32 Å². The van der Waals surface area contributed by atoms with Crippen molar-refractivity contribution in [2.24, 2.45) is 5.41 Å². The summed E-state index contributed by atoms with van der Waals surface area (Å²) in [6.07, 6.45) is -2.14. The summed E-state index contributed by atoms with van der Waals surface area (Å²) >= 11 is 9.50. The second-order valence-corrected chi connectivity index (χ2v) is 11.4. The van der Waals surface area contributed by atoms with E-state index in [9.17, 15) is 23.2 Å². The quantitative estimate of drug-likeness (QED) is 0.239. The van der Waals surface area contributed by atoms with Crippen molar-refractivity contribution >= 4 is 56.6 Å². The molecule has 0 radical (unpaired) electrons. The van der Waals surface area contributed by atoms with Crippen LogP contribution in [0.15, 0.2) is 59.1 Å². The summed E-state index contributed by atoms with van der Waals surface area (Å²) in [5.41, 5.74) is 1.09. The van der Waals surface area contributed by atoms with Gasteiger partial charge in [-0.15, -0.1) is 0 Å². The van der Waals surface area contributed by atoms with Crippen LogP contribution in [0.4, 0.5) is 24.5 Å². The maximum atomic E-state index is 15.2. The van der Waals surface area contributed by atoms with Crippen LogP contribution in [0, 0.1) is 18.2 Å². The van der Waals surface area contributed by atoms with E-state index < -0.39 is 23.6 Å². The van der Waals surface area contributed by atoms with Gasteiger partial charge in [0.25, 0.3) is 11.8 Å². The molecule has 0 spiro atoms. The minimum atomic E-state index is -2.12. The maximum absolute atomic E-state index is 15.2. The molecular formula is C30H32BrClF3N3O3. The molecule has 3 amide bonds. The molecule has 6 nitrogen and oxygen atoms in total. The van der Waals surface area contributed by atoms with Crippen LogP contribution < -0.4 is 16.0 Å². The second kappa shape index (κ2) is 15.0. The molecule has 220 valence electrons. The molecular weight excluding hydrogens is 623 g/mol. The number of aryl methyl sites for hydroxylation is 1. The predicted octanol–water partition coefficient (Wildman–Crippen LogP) is 8.38. The van der Waals surface area contributed by atoms with E-state index in [4.69, 9.17) is 11.6 Å². The molecule has 3 aromatic carbocycles. The van der Waals surface area contributed by atoms with Crippen LogP contribution in [-0.2, 0) is 11.3 Å². The summed E-state index contributed by atoms with van der Waals surface area (Å²) in [4.78, 5) is 37.9. The van der Waals surface area contributed by atoms with Gasteiger partial charge in [0, 0.05) is 45.4 Å². The summed E-state index contributed by atoms with van der Waals surface area (Å²) in [7, 11) is 0. The third-order valence-electron chi connectivity index (χ3n) is 5.67. The lowest BCUT2D eigenvalue weighted by atomic mass is 9.95. The van der Waals surface area contributed by atoms with Crippen LogP contribution >= 0.6 is 27.5 Å². The van der Waals surface area contributed by atoms with E-state index in [1.807, 2.05) is 0 Å². The second-order valence-electron chi connectivity index (χ2n) is 10.1. The van der Waals surface area contributed by atoms with Crippen LogP contribution in [0.5, 0.6) is 0 Å². The monoisotopic (exact) mass is 653 g/mol. The van der Waals surface area contributed by atoms with E-state index in [2.05, 4.69) is 31.9 Å². The van der Waals surface area contributed by atoms with E-state index in [0.717, 1.165) is 4.47 Å². The minimum Gasteiger partial charge on any atom is -0.351 e. The summed E-state index contributed by atoms with van der Waals surface area (Å²) in [5, 5.41) is 8.01. The molecule has 0 saturated carbocycles. The van der Waals surface area contributed by atoms with Crippen LogP contribution in [0.25, 0.3) is 0 Å². The Labute approximate surface area is 251 Å². The standard InChI is InChI=1S/C27H26BrClFN3O3.C3H6F2/c1-15-5-9-19(13-20(15)24(34)32-18-10-7-17(28)8-11-18)33-25(35)22-21(29)12-6-16(23(22)30)14-31-26(36)27(2,3)4;1-2-3(4)5/h5-13H,14H2,1-4H3,(H,31,36)(H,32,34)(H,33,35);3H,2H2,1H3. The molecule has 0 aliphatic rings. The van der Waals surface area contributed by atoms with Gasteiger partial charge in [-0.2, -0.15) is 0 Å². The fourth-order valence-electron chi connectivity index (χ4n) is 3.25. The Morgan fingerprint density at radius 3 is 2.05 bits per heavy atom. The lowest BCUT2D eigenvalue weighted by Gasteiger charge is -2.18. The molecule has 3 N–H and O–H groups in total. The number of anilines is 2. The normalized spacial score (nSPS) is 10.9. The number of nitrogens with one attached hydrogen (secondary N) is 3. The van der Waals surface area contributed by atoms with Gasteiger partial charge >= 0.3 is 0 Å². The topological polar surface area (TPSA) is 87.3 Å². The highest BCUT2D eigenvalue weighted by Crippen LogP contribution is 2.25. The summed E-state index contributed by atoms with van der Waals surface area (Å²) in [6.45, 7) is 8.36. The van der Waals surface area contributed by atoms with Crippen molar-refractivity contribution in [2.75, 3.05) is 10.6 Å². The first-order valence-corrected chi connectivity index (χ1v) is 13.8. The van der Waals surface area contributed by atoms with Gasteiger partial charge in [0.15, 0.2) is 0 Å². The molecule has 3 rings (SSSR count). The number of halogens is 5. The largest absolute Gasteiger partial charge is 0.351 e. The van der Waals surface area contributed by atoms with Crippen LogP contribution in [-0.4, -0.2) is 24.1 Å². The van der Waals surface area contributed by atoms with Crippen LogP contribution in [0.2, 0.25) is 5.02 Å². The van der Waals surface area contributed by atoms with Gasteiger partial charge in [-0.05, 0) is 55.0 Å². The Hall–Kier alpha value is -3.37. The molecule has 11 heteroatoms. The van der Waals surface area contributed by atoms with E-state index in [1.165, 1.54) is 25.1 Å². The van der Waals surface area contributed by atoms with Gasteiger partial charge < -0.3 is 16.0 Å². The zero-order valence-corrected chi connectivity index (χ0v) is 25.6. The number of hydrogen-bond acceptors (Lipinski definition) is 3. The van der Waals surface area contributed by atoms with E-state index in [1.54, 1.807) is 64.1 Å². The summed E-state index contributed by atoms with van der Waals surface area (Å²) < 4.78 is 37.6. The Morgan fingerprint density at radius 1 is 0.927 bits per heavy atom. The third kappa shape index (κ3) is 10.2. The van der Waals surface area contributed by atoms with Crippen molar-refractivity contribution in [3.63, 3.8) is 0 Å². The first kappa shape index (κ1) is 33.8. The highest BCUT2D eigenvalue weighted by Gasteiger charge is 2.23. The SMILES string of the molecule is CCC(F)F.Cc1ccc(NC(=O)c2c(Cl)ccc(CNC(=O)C(C)(C)C)c2F)cc1C(=O)Nc1ccc(Br)cc1. The van der Waals surface area contributed by atoms with E-state index in [0.29, 0.717) is 22.5 Å². The van der Waals surface area contributed by atoms with Gasteiger partial charge in [-0.3, -0.25) is 14.4 Å². The number of hydrogen-bond donors (Lipinski definition) is 3. The highest BCUT2D eigenvalue weighted by atomic mass is 79.9. The molecule has 0 unspecified atom stereocenters. The Balaban J connectivity index is 0.00000108. The minimum absolute atomic E-state index is 0.0278. The lowest BCUT2D eigenvalue weighted by molar-refractivity contribution is -0.128. The Bertz CT molecular complexity index is 1390. The first-order chi connectivity index (χ1) is 19.1. The molecule has 0 aliphatic carbocycles. The molecule has 0 bridgehead atoms. The van der Waals surface area contributed by atoms with Crippen molar-refractivity contribution in [2.45, 2.75) is 54.0 Å². The number of alkyl halides is 2. The van der Waals surface area contributed by atoms with E-state index in [-0.39, 0.29) is 40.9 Å². The number of amides is 3. The first-order valence-electron chi connectivity index (χ1n) is 12.7.